The van der Waals surface area contributed by atoms with E-state index in [1.807, 2.05) is 0 Å². The van der Waals surface area contributed by atoms with E-state index in [9.17, 15) is 5.11 Å². The Labute approximate surface area is 96.8 Å². The molecule has 0 aliphatic heterocycles. The maximum Gasteiger partial charge on any atom is 0.153 e. The molecule has 0 radical (unpaired) electrons. The van der Waals surface area contributed by atoms with Crippen LogP contribution >= 0.6 is 31.9 Å². The number of hydrogen-bond acceptors (Lipinski definition) is 3. The molecule has 72 valence electrons. The van der Waals surface area contributed by atoms with E-state index in [-0.39, 0.29) is 5.75 Å². The van der Waals surface area contributed by atoms with Crippen molar-refractivity contribution in [3.05, 3.63) is 33.7 Å². The van der Waals surface area contributed by atoms with Crippen LogP contribution in [0.4, 0.5) is 0 Å². The van der Waals surface area contributed by atoms with E-state index in [1.54, 1.807) is 16.7 Å². The van der Waals surface area contributed by atoms with E-state index in [0.29, 0.717) is 10.2 Å². The molecule has 4 nitrogen and oxygen atoms in total. The maximum absolute atomic E-state index is 9.75. The highest BCUT2D eigenvalue weighted by atomic mass is 79.9. The van der Waals surface area contributed by atoms with Gasteiger partial charge in [0.1, 0.15) is 12.7 Å². The molecule has 1 N–H and O–H groups in total. The van der Waals surface area contributed by atoms with Gasteiger partial charge < -0.3 is 5.11 Å². The van der Waals surface area contributed by atoms with Gasteiger partial charge in [0, 0.05) is 4.47 Å². The molecule has 1 aromatic carbocycles. The minimum absolute atomic E-state index is 0.160. The van der Waals surface area contributed by atoms with Crippen LogP contribution in [0, 0.1) is 0 Å². The van der Waals surface area contributed by atoms with Gasteiger partial charge in [0.15, 0.2) is 5.75 Å². The van der Waals surface area contributed by atoms with E-state index in [2.05, 4.69) is 42.1 Å². The lowest BCUT2D eigenvalue weighted by Gasteiger charge is -2.06. The summed E-state index contributed by atoms with van der Waals surface area (Å²) in [6, 6.07) is 3.55. The Hall–Kier alpha value is -0.880. The highest BCUT2D eigenvalue weighted by Gasteiger charge is 2.08. The molecular weight excluding hydrogens is 314 g/mol. The van der Waals surface area contributed by atoms with Gasteiger partial charge in [-0.25, -0.2) is 0 Å². The Bertz CT molecular complexity index is 456. The summed E-state index contributed by atoms with van der Waals surface area (Å²) >= 11 is 6.59. The number of nitrogens with zero attached hydrogens (tertiary/aromatic N) is 3. The number of hydrogen-bond donors (Lipinski definition) is 1. The molecule has 0 saturated carbocycles. The van der Waals surface area contributed by atoms with Crippen LogP contribution in [0.1, 0.15) is 0 Å². The summed E-state index contributed by atoms with van der Waals surface area (Å²) < 4.78 is 3.12. The Balaban J connectivity index is 2.64. The number of benzene rings is 1. The molecule has 0 amide bonds. The van der Waals surface area contributed by atoms with Crippen molar-refractivity contribution in [2.45, 2.75) is 0 Å². The fourth-order valence-electron chi connectivity index (χ4n) is 1.07. The van der Waals surface area contributed by atoms with Crippen LogP contribution in [-0.2, 0) is 0 Å². The molecule has 0 atom stereocenters. The van der Waals surface area contributed by atoms with Gasteiger partial charge >= 0.3 is 0 Å². The summed E-state index contributed by atoms with van der Waals surface area (Å²) in [5, 5.41) is 17.1. The van der Waals surface area contributed by atoms with Crippen molar-refractivity contribution < 1.29 is 5.11 Å². The third-order valence-corrected chi connectivity index (χ3v) is 2.77. The molecule has 0 fully saturated rings. The summed E-state index contributed by atoms with van der Waals surface area (Å²) in [6.07, 6.45) is 3.04. The van der Waals surface area contributed by atoms with Crippen LogP contribution < -0.4 is 0 Å². The van der Waals surface area contributed by atoms with E-state index in [4.69, 9.17) is 0 Å². The quantitative estimate of drug-likeness (QED) is 0.879. The zero-order valence-electron chi connectivity index (χ0n) is 6.85. The number of halogens is 2. The monoisotopic (exact) mass is 317 g/mol. The first-order chi connectivity index (χ1) is 6.68. The largest absolute Gasteiger partial charge is 0.505 e. The molecule has 1 aromatic heterocycles. The van der Waals surface area contributed by atoms with Crippen LogP contribution in [0.3, 0.4) is 0 Å². The summed E-state index contributed by atoms with van der Waals surface area (Å²) in [4.78, 5) is 0. The van der Waals surface area contributed by atoms with Crippen molar-refractivity contribution in [3.8, 4) is 11.4 Å². The predicted octanol–water partition coefficient (Wildman–Crippen LogP) is 2.50. The zero-order chi connectivity index (χ0) is 10.1. The van der Waals surface area contributed by atoms with Gasteiger partial charge in [0.2, 0.25) is 0 Å². The first-order valence-corrected chi connectivity index (χ1v) is 5.30. The third-order valence-electron chi connectivity index (χ3n) is 1.70. The molecule has 0 aliphatic carbocycles. The Morgan fingerprint density at radius 1 is 1.14 bits per heavy atom. The Morgan fingerprint density at radius 2 is 1.79 bits per heavy atom. The Kier molecular flexibility index (Phi) is 2.56. The van der Waals surface area contributed by atoms with Crippen molar-refractivity contribution in [1.29, 1.82) is 0 Å². The summed E-state index contributed by atoms with van der Waals surface area (Å²) in [7, 11) is 0. The third kappa shape index (κ3) is 1.67. The number of phenolic OH excluding ortho intramolecular Hbond substituents is 1. The average molecular weight is 319 g/mol. The van der Waals surface area contributed by atoms with Crippen LogP contribution in [-0.4, -0.2) is 19.9 Å². The predicted molar refractivity (Wildman–Crippen MR) is 58.4 cm³/mol. The minimum atomic E-state index is 0.160. The smallest absolute Gasteiger partial charge is 0.153 e. The van der Waals surface area contributed by atoms with Gasteiger partial charge in [0.25, 0.3) is 0 Å². The molecule has 0 aliphatic rings. The molecular formula is C8H5Br2N3O. The molecule has 1 heterocycles. The average Bonchev–Trinajstić information content (AvgIpc) is 2.63. The number of aromatic nitrogens is 3. The zero-order valence-corrected chi connectivity index (χ0v) is 10.0. The lowest BCUT2D eigenvalue weighted by Crippen LogP contribution is -1.91. The molecule has 14 heavy (non-hydrogen) atoms. The van der Waals surface area contributed by atoms with Crippen LogP contribution in [0.15, 0.2) is 33.7 Å². The first-order valence-electron chi connectivity index (χ1n) is 3.71. The molecule has 2 aromatic rings. The second kappa shape index (κ2) is 3.70. The summed E-state index contributed by atoms with van der Waals surface area (Å²) in [5.74, 6) is 0.160. The topological polar surface area (TPSA) is 50.9 Å². The number of rotatable bonds is 1. The highest BCUT2D eigenvalue weighted by molar-refractivity contribution is 9.11. The SMILES string of the molecule is Oc1c(Br)cc(Br)cc1-n1cnnc1. The fourth-order valence-corrected chi connectivity index (χ4v) is 2.28. The van der Waals surface area contributed by atoms with Crippen molar-refractivity contribution in [2.24, 2.45) is 0 Å². The first kappa shape index (κ1) is 9.67. The van der Waals surface area contributed by atoms with Crippen molar-refractivity contribution in [3.63, 3.8) is 0 Å². The minimum Gasteiger partial charge on any atom is -0.505 e. The second-order valence-electron chi connectivity index (χ2n) is 2.62. The fraction of sp³-hybridized carbons (Fsp3) is 0. The van der Waals surface area contributed by atoms with Crippen LogP contribution in [0.5, 0.6) is 5.75 Å². The van der Waals surface area contributed by atoms with E-state index in [0.717, 1.165) is 4.47 Å². The Morgan fingerprint density at radius 3 is 2.43 bits per heavy atom. The van der Waals surface area contributed by atoms with Crippen molar-refractivity contribution in [2.75, 3.05) is 0 Å². The maximum atomic E-state index is 9.75. The summed E-state index contributed by atoms with van der Waals surface area (Å²) in [6.45, 7) is 0. The lowest BCUT2D eigenvalue weighted by atomic mass is 10.3. The van der Waals surface area contributed by atoms with Gasteiger partial charge in [0.05, 0.1) is 10.2 Å². The van der Waals surface area contributed by atoms with Crippen molar-refractivity contribution >= 4 is 31.9 Å². The van der Waals surface area contributed by atoms with E-state index in [1.165, 1.54) is 12.7 Å². The van der Waals surface area contributed by atoms with Gasteiger partial charge in [-0.05, 0) is 28.1 Å². The number of aromatic hydroxyl groups is 1. The van der Waals surface area contributed by atoms with E-state index >= 15 is 0 Å². The molecule has 0 bridgehead atoms. The van der Waals surface area contributed by atoms with E-state index < -0.39 is 0 Å². The van der Waals surface area contributed by atoms with Gasteiger partial charge in [-0.15, -0.1) is 10.2 Å². The standard InChI is InChI=1S/C8H5Br2N3O/c9-5-1-6(10)8(14)7(2-5)13-3-11-12-4-13/h1-4,14H. The highest BCUT2D eigenvalue weighted by Crippen LogP contribution is 2.33. The summed E-state index contributed by atoms with van der Waals surface area (Å²) in [5.41, 5.74) is 0.622. The molecule has 2 rings (SSSR count). The molecule has 0 unspecified atom stereocenters. The lowest BCUT2D eigenvalue weighted by molar-refractivity contribution is 0.468. The molecule has 0 spiro atoms. The van der Waals surface area contributed by atoms with Crippen LogP contribution in [0.2, 0.25) is 0 Å². The number of phenols is 1. The normalized spacial score (nSPS) is 10.4. The second-order valence-corrected chi connectivity index (χ2v) is 4.39. The van der Waals surface area contributed by atoms with Crippen molar-refractivity contribution in [1.82, 2.24) is 14.8 Å². The van der Waals surface area contributed by atoms with Gasteiger partial charge in [-0.1, -0.05) is 15.9 Å². The van der Waals surface area contributed by atoms with Gasteiger partial charge in [-0.3, -0.25) is 4.57 Å². The van der Waals surface area contributed by atoms with Crippen LogP contribution in [0.25, 0.3) is 5.69 Å². The molecule has 6 heteroatoms. The molecule has 0 saturated heterocycles. The van der Waals surface area contributed by atoms with Gasteiger partial charge in [-0.2, -0.15) is 0 Å².